The van der Waals surface area contributed by atoms with E-state index in [4.69, 9.17) is 4.74 Å². The molecule has 3 heterocycles. The highest BCUT2D eigenvalue weighted by Gasteiger charge is 2.25. The van der Waals surface area contributed by atoms with Gasteiger partial charge in [-0.05, 0) is 38.5 Å². The molecule has 2 aromatic rings. The maximum Gasteiger partial charge on any atom is 0.270 e. The summed E-state index contributed by atoms with van der Waals surface area (Å²) in [6.45, 7) is 6.83. The van der Waals surface area contributed by atoms with E-state index in [0.717, 1.165) is 0 Å². The lowest BCUT2D eigenvalue weighted by atomic mass is 10.1. The average molecular weight is 428 g/mol. The largest absolute Gasteiger partial charge is 0.378 e. The standard InChI is InChI=1S/C21H25FN6O3/c1-12(2)24-20(30)17-15-5-6-23-18(15)26-21(25-17)27-19(29)14-4-3-13(11-16(14)22)28-7-9-31-10-8-28/h3-4,11-12H,5-10H2,1-2H3,(H,24,30)(H2,23,25,26,27,29). The number of fused-ring (bicyclic) bond motifs is 1. The SMILES string of the molecule is CC(C)NC(=O)c1nc(NC(=O)c2ccc(N3CCOCC3)cc2F)nc2c1CCN2. The van der Waals surface area contributed by atoms with E-state index in [1.54, 1.807) is 6.07 Å². The Bertz CT molecular complexity index is 1010. The van der Waals surface area contributed by atoms with Crippen LogP contribution in [0.5, 0.6) is 0 Å². The van der Waals surface area contributed by atoms with Gasteiger partial charge in [0.2, 0.25) is 5.95 Å². The van der Waals surface area contributed by atoms with E-state index in [-0.39, 0.29) is 29.2 Å². The highest BCUT2D eigenvalue weighted by atomic mass is 19.1. The first-order valence-corrected chi connectivity index (χ1v) is 10.3. The Balaban J connectivity index is 1.55. The lowest BCUT2D eigenvalue weighted by Crippen LogP contribution is -2.36. The van der Waals surface area contributed by atoms with Gasteiger partial charge in [-0.3, -0.25) is 14.9 Å². The molecule has 10 heteroatoms. The van der Waals surface area contributed by atoms with E-state index < -0.39 is 11.7 Å². The van der Waals surface area contributed by atoms with Gasteiger partial charge in [0.25, 0.3) is 11.8 Å². The highest BCUT2D eigenvalue weighted by Crippen LogP contribution is 2.25. The van der Waals surface area contributed by atoms with Crippen molar-refractivity contribution in [3.05, 3.63) is 40.8 Å². The van der Waals surface area contributed by atoms with Gasteiger partial charge in [0.1, 0.15) is 17.3 Å². The summed E-state index contributed by atoms with van der Waals surface area (Å²) >= 11 is 0. The van der Waals surface area contributed by atoms with E-state index in [2.05, 4.69) is 25.9 Å². The van der Waals surface area contributed by atoms with E-state index in [9.17, 15) is 14.0 Å². The lowest BCUT2D eigenvalue weighted by molar-refractivity contribution is 0.0935. The summed E-state index contributed by atoms with van der Waals surface area (Å²) in [4.78, 5) is 35.8. The summed E-state index contributed by atoms with van der Waals surface area (Å²) in [6, 6.07) is 4.42. The molecule has 2 aliphatic heterocycles. The van der Waals surface area contributed by atoms with Gasteiger partial charge < -0.3 is 20.3 Å². The summed E-state index contributed by atoms with van der Waals surface area (Å²) in [6.07, 6.45) is 0.613. The van der Waals surface area contributed by atoms with Crippen LogP contribution in [0.25, 0.3) is 0 Å². The molecule has 1 fully saturated rings. The van der Waals surface area contributed by atoms with E-state index in [1.165, 1.54) is 12.1 Å². The van der Waals surface area contributed by atoms with Crippen LogP contribution >= 0.6 is 0 Å². The minimum atomic E-state index is -0.681. The number of hydrogen-bond acceptors (Lipinski definition) is 7. The van der Waals surface area contributed by atoms with Crippen LogP contribution < -0.4 is 20.9 Å². The second kappa shape index (κ2) is 8.84. The first-order chi connectivity index (χ1) is 14.9. The van der Waals surface area contributed by atoms with Crippen molar-refractivity contribution in [1.29, 1.82) is 0 Å². The van der Waals surface area contributed by atoms with E-state index >= 15 is 0 Å². The van der Waals surface area contributed by atoms with Crippen LogP contribution in [-0.4, -0.2) is 60.7 Å². The second-order valence-electron chi connectivity index (χ2n) is 7.75. The van der Waals surface area contributed by atoms with Gasteiger partial charge in [0, 0.05) is 36.9 Å². The molecule has 164 valence electrons. The maximum atomic E-state index is 14.7. The number of ether oxygens (including phenoxy) is 1. The number of morpholine rings is 1. The third kappa shape index (κ3) is 4.58. The van der Waals surface area contributed by atoms with Crippen molar-refractivity contribution >= 4 is 29.3 Å². The first kappa shape index (κ1) is 21.0. The summed E-state index contributed by atoms with van der Waals surface area (Å²) < 4.78 is 20.0. The zero-order chi connectivity index (χ0) is 22.0. The quantitative estimate of drug-likeness (QED) is 0.667. The van der Waals surface area contributed by atoms with Gasteiger partial charge in [-0.25, -0.2) is 9.37 Å². The number of carbonyl (C=O) groups is 2. The molecule has 1 aromatic carbocycles. The van der Waals surface area contributed by atoms with Crippen molar-refractivity contribution < 1.29 is 18.7 Å². The molecular weight excluding hydrogens is 403 g/mol. The highest BCUT2D eigenvalue weighted by molar-refractivity contribution is 6.04. The lowest BCUT2D eigenvalue weighted by Gasteiger charge is -2.29. The Hall–Kier alpha value is -3.27. The number of nitrogens with zero attached hydrogens (tertiary/aromatic N) is 3. The topological polar surface area (TPSA) is 108 Å². The number of benzene rings is 1. The zero-order valence-electron chi connectivity index (χ0n) is 17.5. The molecule has 0 spiro atoms. The fourth-order valence-corrected chi connectivity index (χ4v) is 3.62. The Morgan fingerprint density at radius 2 is 1.97 bits per heavy atom. The molecule has 0 unspecified atom stereocenters. The molecule has 0 bridgehead atoms. The molecule has 2 aliphatic rings. The molecule has 0 aliphatic carbocycles. The Labute approximate surface area is 179 Å². The molecule has 0 saturated carbocycles. The minimum Gasteiger partial charge on any atom is -0.378 e. The van der Waals surface area contributed by atoms with Gasteiger partial charge in [0.05, 0.1) is 18.8 Å². The molecule has 2 amide bonds. The number of hydrogen-bond donors (Lipinski definition) is 3. The van der Waals surface area contributed by atoms with Gasteiger partial charge >= 0.3 is 0 Å². The first-order valence-electron chi connectivity index (χ1n) is 10.3. The fraction of sp³-hybridized carbons (Fsp3) is 0.429. The summed E-state index contributed by atoms with van der Waals surface area (Å²) in [5.41, 5.74) is 1.49. The second-order valence-corrected chi connectivity index (χ2v) is 7.75. The van der Waals surface area contributed by atoms with Gasteiger partial charge in [0.15, 0.2) is 0 Å². The third-order valence-corrected chi connectivity index (χ3v) is 5.11. The molecule has 9 nitrogen and oxygen atoms in total. The minimum absolute atomic E-state index is 0.0521. The van der Waals surface area contributed by atoms with Crippen LogP contribution in [0.2, 0.25) is 0 Å². The molecule has 4 rings (SSSR count). The number of amides is 2. The van der Waals surface area contributed by atoms with Crippen LogP contribution in [-0.2, 0) is 11.2 Å². The smallest absolute Gasteiger partial charge is 0.270 e. The average Bonchev–Trinajstić information content (AvgIpc) is 3.21. The predicted octanol–water partition coefficient (Wildman–Crippen LogP) is 1.81. The third-order valence-electron chi connectivity index (χ3n) is 5.11. The Morgan fingerprint density at radius 3 is 2.68 bits per heavy atom. The van der Waals surface area contributed by atoms with Crippen LogP contribution in [0.1, 0.15) is 40.3 Å². The van der Waals surface area contributed by atoms with Crippen molar-refractivity contribution in [1.82, 2.24) is 15.3 Å². The van der Waals surface area contributed by atoms with E-state index in [1.807, 2.05) is 18.7 Å². The number of halogens is 1. The number of aromatic nitrogens is 2. The van der Waals surface area contributed by atoms with Crippen LogP contribution in [0.4, 0.5) is 21.8 Å². The van der Waals surface area contributed by atoms with Crippen molar-refractivity contribution in [3.8, 4) is 0 Å². The Kier molecular flexibility index (Phi) is 5.99. The summed E-state index contributed by atoms with van der Waals surface area (Å²) in [5, 5.41) is 8.41. The number of anilines is 3. The molecule has 1 aromatic heterocycles. The summed E-state index contributed by atoms with van der Waals surface area (Å²) in [5.74, 6) is -1.21. The molecule has 1 saturated heterocycles. The van der Waals surface area contributed by atoms with Crippen molar-refractivity contribution in [2.45, 2.75) is 26.3 Å². The van der Waals surface area contributed by atoms with Crippen LogP contribution in [0, 0.1) is 5.82 Å². The monoisotopic (exact) mass is 428 g/mol. The zero-order valence-corrected chi connectivity index (χ0v) is 17.5. The van der Waals surface area contributed by atoms with Gasteiger partial charge in [-0.2, -0.15) is 4.98 Å². The van der Waals surface area contributed by atoms with Gasteiger partial charge in [-0.15, -0.1) is 0 Å². The number of rotatable bonds is 5. The molecule has 31 heavy (non-hydrogen) atoms. The van der Waals surface area contributed by atoms with Crippen molar-refractivity contribution in [2.24, 2.45) is 0 Å². The van der Waals surface area contributed by atoms with Crippen LogP contribution in [0.3, 0.4) is 0 Å². The molecule has 0 radical (unpaired) electrons. The van der Waals surface area contributed by atoms with E-state index in [0.29, 0.717) is 56.3 Å². The molecule has 0 atom stereocenters. The Morgan fingerprint density at radius 1 is 1.19 bits per heavy atom. The van der Waals surface area contributed by atoms with Crippen molar-refractivity contribution in [3.63, 3.8) is 0 Å². The number of carbonyl (C=O) groups excluding carboxylic acids is 2. The molecule has 3 N–H and O–H groups in total. The predicted molar refractivity (Wildman–Crippen MR) is 114 cm³/mol. The number of nitrogens with one attached hydrogen (secondary N) is 3. The normalized spacial score (nSPS) is 15.4. The fourth-order valence-electron chi connectivity index (χ4n) is 3.62. The van der Waals surface area contributed by atoms with Crippen molar-refractivity contribution in [2.75, 3.05) is 48.4 Å². The molecular formula is C21H25FN6O3. The summed E-state index contributed by atoms with van der Waals surface area (Å²) in [7, 11) is 0. The van der Waals surface area contributed by atoms with Gasteiger partial charge in [-0.1, -0.05) is 0 Å². The maximum absolute atomic E-state index is 14.7. The van der Waals surface area contributed by atoms with Crippen LogP contribution in [0.15, 0.2) is 18.2 Å².